The smallest absolute Gasteiger partial charge is 0.186 e. The minimum Gasteiger partial charge on any atom is -0.256 e. The molecule has 0 saturated heterocycles. The van der Waals surface area contributed by atoms with Gasteiger partial charge in [0.2, 0.25) is 0 Å². The van der Waals surface area contributed by atoms with Crippen LogP contribution in [0.3, 0.4) is 0 Å². The van der Waals surface area contributed by atoms with E-state index in [2.05, 4.69) is 20.7 Å². The van der Waals surface area contributed by atoms with Crippen molar-refractivity contribution in [1.82, 2.24) is 34.9 Å². The highest BCUT2D eigenvalue weighted by Crippen LogP contribution is 2.28. The number of hydrogen-bond donors (Lipinski definition) is 0. The Morgan fingerprint density at radius 1 is 0.618 bits per heavy atom. The van der Waals surface area contributed by atoms with E-state index in [4.69, 9.17) is 15.0 Å². The van der Waals surface area contributed by atoms with Gasteiger partial charge >= 0.3 is 0 Å². The molecule has 0 N–H and O–H groups in total. The average Bonchev–Trinajstić information content (AvgIpc) is 3.60. The van der Waals surface area contributed by atoms with Crippen LogP contribution in [-0.2, 0) is 0 Å². The first-order valence-corrected chi connectivity index (χ1v) is 11.5. The molecule has 0 fully saturated rings. The van der Waals surface area contributed by atoms with E-state index in [0.717, 1.165) is 27.4 Å². The summed E-state index contributed by atoms with van der Waals surface area (Å²) < 4.78 is 1.74. The minimum absolute atomic E-state index is 0.473. The normalized spacial score (nSPS) is 10.9. The van der Waals surface area contributed by atoms with Crippen LogP contribution in [0, 0.1) is 0 Å². The molecule has 0 aliphatic rings. The quantitative estimate of drug-likeness (QED) is 0.335. The number of rotatable bonds is 5. The van der Waals surface area contributed by atoms with Gasteiger partial charge in [-0.15, -0.1) is 16.4 Å². The maximum absolute atomic E-state index is 4.72. The van der Waals surface area contributed by atoms with Crippen molar-refractivity contribution < 1.29 is 0 Å². The molecule has 2 aromatic carbocycles. The molecule has 0 bridgehead atoms. The Labute approximate surface area is 199 Å². The van der Waals surface area contributed by atoms with Crippen LogP contribution in [0.15, 0.2) is 103 Å². The predicted molar refractivity (Wildman–Crippen MR) is 132 cm³/mol. The summed E-state index contributed by atoms with van der Waals surface area (Å²) in [7, 11) is 0. The second-order valence-corrected chi connectivity index (χ2v) is 8.36. The molecule has 0 unspecified atom stereocenters. The van der Waals surface area contributed by atoms with Crippen molar-refractivity contribution in [3.63, 3.8) is 0 Å². The zero-order valence-corrected chi connectivity index (χ0v) is 18.7. The van der Waals surface area contributed by atoms with E-state index < -0.39 is 0 Å². The molecule has 4 aromatic heterocycles. The van der Waals surface area contributed by atoms with E-state index >= 15 is 0 Å². The van der Waals surface area contributed by atoms with Crippen molar-refractivity contribution in [1.29, 1.82) is 0 Å². The van der Waals surface area contributed by atoms with Crippen molar-refractivity contribution in [2.75, 3.05) is 0 Å². The number of hydrogen-bond acceptors (Lipinski definition) is 7. The van der Waals surface area contributed by atoms with E-state index in [1.807, 2.05) is 91.1 Å². The highest BCUT2D eigenvalue weighted by Gasteiger charge is 2.15. The second-order valence-electron chi connectivity index (χ2n) is 7.48. The van der Waals surface area contributed by atoms with Crippen molar-refractivity contribution in [3.05, 3.63) is 103 Å². The zero-order valence-electron chi connectivity index (χ0n) is 17.9. The fourth-order valence-electron chi connectivity index (χ4n) is 3.51. The Kier molecular flexibility index (Phi) is 5.17. The molecule has 162 valence electrons. The van der Waals surface area contributed by atoms with Gasteiger partial charge in [0.05, 0.1) is 11.9 Å². The molecule has 0 radical (unpaired) electrons. The molecule has 6 rings (SSSR count). The number of nitrogens with zero attached hydrogens (tertiary/aromatic N) is 7. The number of pyridine rings is 1. The standard InChI is InChI=1S/C26H17N7S/c1-3-9-18(10-4-1)24-28-25(19-11-5-2-6-12-19)30-26(29-24)22-16-33(32-31-22)23-15-20(17-34-23)21-13-7-8-14-27-21/h1-17H. The maximum atomic E-state index is 4.72. The van der Waals surface area contributed by atoms with Crippen LogP contribution in [0.25, 0.3) is 50.6 Å². The molecule has 0 aliphatic heterocycles. The van der Waals surface area contributed by atoms with Gasteiger partial charge in [-0.05, 0) is 18.2 Å². The summed E-state index contributed by atoms with van der Waals surface area (Å²) in [5.74, 6) is 1.65. The number of thiophene rings is 1. The third-order valence-corrected chi connectivity index (χ3v) is 6.11. The summed E-state index contributed by atoms with van der Waals surface area (Å²) in [4.78, 5) is 18.6. The van der Waals surface area contributed by atoms with E-state index in [0.29, 0.717) is 23.2 Å². The Bertz CT molecular complexity index is 1490. The summed E-state index contributed by atoms with van der Waals surface area (Å²) >= 11 is 1.57. The second kappa shape index (κ2) is 8.76. The lowest BCUT2D eigenvalue weighted by Gasteiger charge is -2.06. The molecular formula is C26H17N7S. The topological polar surface area (TPSA) is 82.3 Å². The van der Waals surface area contributed by atoms with Crippen LogP contribution in [0.1, 0.15) is 0 Å². The molecular weight excluding hydrogens is 442 g/mol. The molecule has 0 atom stereocenters. The first-order chi connectivity index (χ1) is 16.8. The molecule has 7 nitrogen and oxygen atoms in total. The first-order valence-electron chi connectivity index (χ1n) is 10.6. The summed E-state index contributed by atoms with van der Waals surface area (Å²) in [6.45, 7) is 0. The lowest BCUT2D eigenvalue weighted by molar-refractivity contribution is 0.815. The molecule has 0 aliphatic carbocycles. The molecule has 8 heteroatoms. The van der Waals surface area contributed by atoms with Crippen LogP contribution >= 0.6 is 11.3 Å². The van der Waals surface area contributed by atoms with E-state index in [1.165, 1.54) is 0 Å². The van der Waals surface area contributed by atoms with Crippen molar-refractivity contribution in [3.8, 4) is 50.6 Å². The van der Waals surface area contributed by atoms with Gasteiger partial charge in [0.25, 0.3) is 0 Å². The van der Waals surface area contributed by atoms with E-state index in [-0.39, 0.29) is 0 Å². The van der Waals surface area contributed by atoms with Gasteiger partial charge in [-0.3, -0.25) is 4.98 Å². The van der Waals surface area contributed by atoms with Gasteiger partial charge < -0.3 is 0 Å². The van der Waals surface area contributed by atoms with Crippen LogP contribution in [0.5, 0.6) is 0 Å². The summed E-state index contributed by atoms with van der Waals surface area (Å²) in [5, 5.41) is 11.7. The van der Waals surface area contributed by atoms with Crippen LogP contribution in [0.2, 0.25) is 0 Å². The Balaban J connectivity index is 1.40. The third-order valence-electron chi connectivity index (χ3n) is 5.19. The molecule has 0 amide bonds. The molecule has 34 heavy (non-hydrogen) atoms. The Hall–Kier alpha value is -4.56. The fraction of sp³-hybridized carbons (Fsp3) is 0. The number of benzene rings is 2. The Morgan fingerprint density at radius 2 is 1.26 bits per heavy atom. The predicted octanol–water partition coefficient (Wildman–Crippen LogP) is 5.58. The van der Waals surface area contributed by atoms with Gasteiger partial charge in [0, 0.05) is 28.3 Å². The van der Waals surface area contributed by atoms with Crippen LogP contribution < -0.4 is 0 Å². The van der Waals surface area contributed by atoms with Crippen molar-refractivity contribution in [2.24, 2.45) is 0 Å². The largest absolute Gasteiger partial charge is 0.256 e. The summed E-state index contributed by atoms with van der Waals surface area (Å²) in [6.07, 6.45) is 3.63. The minimum atomic E-state index is 0.473. The molecule has 0 saturated carbocycles. The number of aromatic nitrogens is 7. The zero-order chi connectivity index (χ0) is 22.7. The van der Waals surface area contributed by atoms with Crippen LogP contribution in [-0.4, -0.2) is 34.9 Å². The van der Waals surface area contributed by atoms with Gasteiger partial charge in [-0.2, -0.15) is 0 Å². The lowest BCUT2D eigenvalue weighted by atomic mass is 10.2. The van der Waals surface area contributed by atoms with E-state index in [9.17, 15) is 0 Å². The molecule has 0 spiro atoms. The van der Waals surface area contributed by atoms with Gasteiger partial charge in [-0.1, -0.05) is 71.9 Å². The van der Waals surface area contributed by atoms with Crippen molar-refractivity contribution in [2.45, 2.75) is 0 Å². The first kappa shape index (κ1) is 20.1. The summed E-state index contributed by atoms with van der Waals surface area (Å²) in [6, 6.07) is 27.6. The van der Waals surface area contributed by atoms with E-state index in [1.54, 1.807) is 22.2 Å². The average molecular weight is 460 g/mol. The van der Waals surface area contributed by atoms with Crippen LogP contribution in [0.4, 0.5) is 0 Å². The van der Waals surface area contributed by atoms with Crippen molar-refractivity contribution >= 4 is 11.3 Å². The Morgan fingerprint density at radius 3 is 1.91 bits per heavy atom. The van der Waals surface area contributed by atoms with Gasteiger partial charge in [0.15, 0.2) is 23.2 Å². The maximum Gasteiger partial charge on any atom is 0.186 e. The highest BCUT2D eigenvalue weighted by atomic mass is 32.1. The molecule has 6 aromatic rings. The SMILES string of the molecule is c1ccc(-c2nc(-c3ccccc3)nc(-c3cn(-c4cc(-c5ccccn5)cs4)nn3)n2)cc1. The summed E-state index contributed by atoms with van der Waals surface area (Å²) in [5.41, 5.74) is 4.35. The third kappa shape index (κ3) is 3.98. The van der Waals surface area contributed by atoms with Gasteiger partial charge in [-0.25, -0.2) is 19.6 Å². The molecule has 4 heterocycles. The highest BCUT2D eigenvalue weighted by molar-refractivity contribution is 7.13. The fourth-order valence-corrected chi connectivity index (χ4v) is 4.34. The van der Waals surface area contributed by atoms with Gasteiger partial charge in [0.1, 0.15) is 5.00 Å². The lowest BCUT2D eigenvalue weighted by Crippen LogP contribution is -2.00. The monoisotopic (exact) mass is 459 g/mol.